The molecule has 0 aromatic carbocycles. The quantitative estimate of drug-likeness (QED) is 0.500. The normalized spacial score (nSPS) is 12.7. The van der Waals surface area contributed by atoms with Gasteiger partial charge in [0.2, 0.25) is 0 Å². The molecule has 0 amide bonds. The highest BCUT2D eigenvalue weighted by molar-refractivity contribution is 7.51. The maximum Gasteiger partial charge on any atom is 0.406 e. The fraction of sp³-hybridized carbons (Fsp3) is 1.00. The van der Waals surface area contributed by atoms with Gasteiger partial charge in [0.15, 0.2) is 0 Å². The average molecular weight is 239 g/mol. The summed E-state index contributed by atoms with van der Waals surface area (Å²) in [4.78, 5) is 0. The van der Waals surface area contributed by atoms with E-state index in [1.54, 1.807) is 27.7 Å². The Morgan fingerprint density at radius 2 is 1.67 bits per heavy atom. The molecule has 0 spiro atoms. The molecule has 0 saturated heterocycles. The molecule has 92 valence electrons. The minimum atomic E-state index is -3.22. The molecule has 0 unspecified atom stereocenters. The van der Waals surface area contributed by atoms with Gasteiger partial charge >= 0.3 is 7.75 Å². The SMILES string of the molecule is CC(C)OP(=O)(NCCCO)OC(C)C. The molecule has 0 bridgehead atoms. The van der Waals surface area contributed by atoms with Crippen molar-refractivity contribution in [2.24, 2.45) is 0 Å². The molecule has 0 atom stereocenters. The molecule has 0 aliphatic heterocycles. The van der Waals surface area contributed by atoms with Crippen molar-refractivity contribution in [1.82, 2.24) is 5.09 Å². The number of aliphatic hydroxyl groups excluding tert-OH is 1. The van der Waals surface area contributed by atoms with Gasteiger partial charge in [-0.15, -0.1) is 0 Å². The Balaban J connectivity index is 4.21. The Labute approximate surface area is 91.7 Å². The van der Waals surface area contributed by atoms with E-state index in [9.17, 15) is 4.57 Å². The number of rotatable bonds is 8. The summed E-state index contributed by atoms with van der Waals surface area (Å²) in [5.74, 6) is 0. The van der Waals surface area contributed by atoms with Gasteiger partial charge in [-0.2, -0.15) is 0 Å². The van der Waals surface area contributed by atoms with Crippen molar-refractivity contribution < 1.29 is 18.7 Å². The molecule has 5 nitrogen and oxygen atoms in total. The molecule has 15 heavy (non-hydrogen) atoms. The van der Waals surface area contributed by atoms with E-state index < -0.39 is 7.75 Å². The van der Waals surface area contributed by atoms with Crippen molar-refractivity contribution >= 4 is 7.75 Å². The van der Waals surface area contributed by atoms with Crippen LogP contribution in [-0.4, -0.2) is 30.5 Å². The second kappa shape index (κ2) is 7.36. The van der Waals surface area contributed by atoms with Gasteiger partial charge in [0.05, 0.1) is 12.2 Å². The maximum atomic E-state index is 12.1. The van der Waals surface area contributed by atoms with Crippen molar-refractivity contribution in [2.75, 3.05) is 13.2 Å². The number of aliphatic hydroxyl groups is 1. The molecular formula is C9H22NO4P. The molecule has 6 heteroatoms. The summed E-state index contributed by atoms with van der Waals surface area (Å²) < 4.78 is 22.5. The summed E-state index contributed by atoms with van der Waals surface area (Å²) in [6.45, 7) is 7.64. The standard InChI is InChI=1S/C9H22NO4P/c1-8(2)13-15(12,14-9(3)4)10-6-5-7-11/h8-9,11H,5-7H2,1-4H3,(H,10,12). The zero-order valence-corrected chi connectivity index (χ0v) is 10.8. The van der Waals surface area contributed by atoms with Crippen LogP contribution in [0.25, 0.3) is 0 Å². The first-order valence-corrected chi connectivity index (χ1v) is 6.76. The number of hydrogen-bond acceptors (Lipinski definition) is 4. The lowest BCUT2D eigenvalue weighted by molar-refractivity contribution is 0.135. The molecule has 0 radical (unpaired) electrons. The lowest BCUT2D eigenvalue weighted by Gasteiger charge is -2.22. The first kappa shape index (κ1) is 15.1. The van der Waals surface area contributed by atoms with Crippen LogP contribution in [0.15, 0.2) is 0 Å². The Bertz CT molecular complexity index is 194. The number of nitrogens with one attached hydrogen (secondary N) is 1. The lowest BCUT2D eigenvalue weighted by Crippen LogP contribution is -2.21. The van der Waals surface area contributed by atoms with E-state index in [1.165, 1.54) is 0 Å². The van der Waals surface area contributed by atoms with Gasteiger partial charge in [-0.1, -0.05) is 0 Å². The minimum absolute atomic E-state index is 0.0519. The molecule has 0 saturated carbocycles. The van der Waals surface area contributed by atoms with Crippen LogP contribution >= 0.6 is 7.75 Å². The summed E-state index contributed by atoms with van der Waals surface area (Å²) in [5.41, 5.74) is 0. The first-order chi connectivity index (χ1) is 6.89. The van der Waals surface area contributed by atoms with Gasteiger partial charge in [-0.05, 0) is 34.1 Å². The van der Waals surface area contributed by atoms with Crippen LogP contribution in [0.5, 0.6) is 0 Å². The van der Waals surface area contributed by atoms with Crippen LogP contribution in [0.1, 0.15) is 34.1 Å². The summed E-state index contributed by atoms with van der Waals surface area (Å²) >= 11 is 0. The Hall–Kier alpha value is 0.0700. The van der Waals surface area contributed by atoms with Crippen molar-refractivity contribution in [3.63, 3.8) is 0 Å². The lowest BCUT2D eigenvalue weighted by atomic mass is 10.5. The van der Waals surface area contributed by atoms with Crippen molar-refractivity contribution in [3.8, 4) is 0 Å². The van der Waals surface area contributed by atoms with Gasteiger partial charge in [0, 0.05) is 13.2 Å². The van der Waals surface area contributed by atoms with E-state index in [0.717, 1.165) is 0 Å². The highest BCUT2D eigenvalue weighted by Gasteiger charge is 2.26. The molecule has 0 aromatic heterocycles. The van der Waals surface area contributed by atoms with Crippen LogP contribution in [0.3, 0.4) is 0 Å². The van der Waals surface area contributed by atoms with Gasteiger partial charge < -0.3 is 5.11 Å². The average Bonchev–Trinajstić information content (AvgIpc) is 2.00. The van der Waals surface area contributed by atoms with E-state index >= 15 is 0 Å². The molecular weight excluding hydrogens is 217 g/mol. The van der Waals surface area contributed by atoms with E-state index in [0.29, 0.717) is 13.0 Å². The zero-order chi connectivity index (χ0) is 11.9. The topological polar surface area (TPSA) is 67.8 Å². The molecule has 2 N–H and O–H groups in total. The van der Waals surface area contributed by atoms with Gasteiger partial charge in [0.1, 0.15) is 0 Å². The molecule has 0 heterocycles. The van der Waals surface area contributed by atoms with Crippen LogP contribution in [0.2, 0.25) is 0 Å². The molecule has 0 rings (SSSR count). The van der Waals surface area contributed by atoms with Crippen molar-refractivity contribution in [3.05, 3.63) is 0 Å². The predicted molar refractivity (Wildman–Crippen MR) is 59.8 cm³/mol. The molecule has 0 aliphatic rings. The van der Waals surface area contributed by atoms with Crippen LogP contribution in [0.4, 0.5) is 0 Å². The Morgan fingerprint density at radius 1 is 1.20 bits per heavy atom. The molecule has 0 aliphatic carbocycles. The summed E-state index contributed by atoms with van der Waals surface area (Å²) in [6, 6.07) is 0. The van der Waals surface area contributed by atoms with Crippen LogP contribution < -0.4 is 5.09 Å². The van der Waals surface area contributed by atoms with E-state index in [1.807, 2.05) is 0 Å². The van der Waals surface area contributed by atoms with Crippen LogP contribution in [-0.2, 0) is 13.6 Å². The summed E-state index contributed by atoms with van der Waals surface area (Å²) in [7, 11) is -3.22. The Kier molecular flexibility index (Phi) is 7.40. The summed E-state index contributed by atoms with van der Waals surface area (Å²) in [5, 5.41) is 11.3. The summed E-state index contributed by atoms with van der Waals surface area (Å²) in [6.07, 6.45) is 0.180. The van der Waals surface area contributed by atoms with Crippen LogP contribution in [0, 0.1) is 0 Å². The third-order valence-electron chi connectivity index (χ3n) is 1.34. The number of hydrogen-bond donors (Lipinski definition) is 2. The second-order valence-electron chi connectivity index (χ2n) is 3.79. The smallest absolute Gasteiger partial charge is 0.396 e. The molecule has 0 fully saturated rings. The first-order valence-electron chi connectivity index (χ1n) is 5.22. The maximum absolute atomic E-state index is 12.1. The van der Waals surface area contributed by atoms with Gasteiger partial charge in [0.25, 0.3) is 0 Å². The monoisotopic (exact) mass is 239 g/mol. The van der Waals surface area contributed by atoms with Crippen molar-refractivity contribution in [1.29, 1.82) is 0 Å². The third-order valence-corrected chi connectivity index (χ3v) is 3.35. The van der Waals surface area contributed by atoms with Gasteiger partial charge in [-0.25, -0.2) is 9.65 Å². The van der Waals surface area contributed by atoms with E-state index in [-0.39, 0.29) is 18.8 Å². The largest absolute Gasteiger partial charge is 0.406 e. The molecule has 0 aromatic rings. The second-order valence-corrected chi connectivity index (χ2v) is 5.52. The Morgan fingerprint density at radius 3 is 2.00 bits per heavy atom. The fourth-order valence-electron chi connectivity index (χ4n) is 0.950. The fourth-order valence-corrected chi connectivity index (χ4v) is 2.69. The van der Waals surface area contributed by atoms with E-state index in [4.69, 9.17) is 14.2 Å². The van der Waals surface area contributed by atoms with Crippen molar-refractivity contribution in [2.45, 2.75) is 46.3 Å². The third kappa shape index (κ3) is 7.94. The minimum Gasteiger partial charge on any atom is -0.396 e. The van der Waals surface area contributed by atoms with E-state index in [2.05, 4.69) is 5.09 Å². The highest BCUT2D eigenvalue weighted by Crippen LogP contribution is 2.45. The zero-order valence-electron chi connectivity index (χ0n) is 9.90. The highest BCUT2D eigenvalue weighted by atomic mass is 31.2. The predicted octanol–water partition coefficient (Wildman–Crippen LogP) is 1.92. The van der Waals surface area contributed by atoms with Gasteiger partial charge in [-0.3, -0.25) is 9.05 Å².